The zero-order valence-corrected chi connectivity index (χ0v) is 25.4. The molecule has 1 N–H and O–H groups in total. The summed E-state index contributed by atoms with van der Waals surface area (Å²) in [6.45, 7) is 5.58. The predicted octanol–water partition coefficient (Wildman–Crippen LogP) is 5.50. The number of halogens is 2. The Morgan fingerprint density at radius 3 is 2.22 bits per heavy atom. The van der Waals surface area contributed by atoms with E-state index in [9.17, 15) is 22.4 Å². The highest BCUT2D eigenvalue weighted by atomic mass is 35.5. The van der Waals surface area contributed by atoms with Crippen LogP contribution in [0, 0.1) is 12.7 Å². The molecule has 10 heteroatoms. The summed E-state index contributed by atoms with van der Waals surface area (Å²) >= 11 is 6.24. The Bertz CT molecular complexity index is 1430. The number of carbonyl (C=O) groups excluding carboxylic acids is 2. The van der Waals surface area contributed by atoms with Gasteiger partial charge in [-0.05, 0) is 68.1 Å². The summed E-state index contributed by atoms with van der Waals surface area (Å²) in [6, 6.07) is 19.3. The van der Waals surface area contributed by atoms with E-state index in [4.69, 9.17) is 11.6 Å². The van der Waals surface area contributed by atoms with Crippen LogP contribution in [0.2, 0.25) is 5.02 Å². The van der Waals surface area contributed by atoms with Crippen LogP contribution in [0.1, 0.15) is 43.4 Å². The van der Waals surface area contributed by atoms with E-state index in [0.717, 1.165) is 11.8 Å². The maximum Gasteiger partial charge on any atom is 0.243 e. The first-order chi connectivity index (χ1) is 19.4. The van der Waals surface area contributed by atoms with Gasteiger partial charge in [-0.1, -0.05) is 60.1 Å². The molecule has 0 aliphatic heterocycles. The molecular formula is C31H37ClFN3O4S. The van der Waals surface area contributed by atoms with Gasteiger partial charge in [0.25, 0.3) is 0 Å². The van der Waals surface area contributed by atoms with Gasteiger partial charge in [-0.3, -0.25) is 13.9 Å². The van der Waals surface area contributed by atoms with Gasteiger partial charge >= 0.3 is 0 Å². The Kier molecular flexibility index (Phi) is 11.3. The summed E-state index contributed by atoms with van der Waals surface area (Å²) < 4.78 is 40.2. The molecule has 7 nitrogen and oxygen atoms in total. The third-order valence-electron chi connectivity index (χ3n) is 6.63. The molecular weight excluding hydrogens is 565 g/mol. The Morgan fingerprint density at radius 2 is 1.61 bits per heavy atom. The number of hydrogen-bond donors (Lipinski definition) is 1. The molecule has 41 heavy (non-hydrogen) atoms. The fourth-order valence-electron chi connectivity index (χ4n) is 4.57. The van der Waals surface area contributed by atoms with Gasteiger partial charge in [-0.25, -0.2) is 12.8 Å². The Labute approximate surface area is 247 Å². The molecule has 0 spiro atoms. The quantitative estimate of drug-likeness (QED) is 0.280. The number of nitrogens with zero attached hydrogens (tertiary/aromatic N) is 2. The lowest BCUT2D eigenvalue weighted by molar-refractivity contribution is -0.141. The van der Waals surface area contributed by atoms with Crippen molar-refractivity contribution in [2.75, 3.05) is 17.1 Å². The van der Waals surface area contributed by atoms with Crippen LogP contribution < -0.4 is 9.62 Å². The van der Waals surface area contributed by atoms with E-state index >= 15 is 0 Å². The van der Waals surface area contributed by atoms with Crippen LogP contribution >= 0.6 is 11.6 Å². The number of amides is 2. The second kappa shape index (κ2) is 14.5. The normalized spacial score (nSPS) is 12.2. The largest absolute Gasteiger partial charge is 0.352 e. The highest BCUT2D eigenvalue weighted by Gasteiger charge is 2.31. The van der Waals surface area contributed by atoms with Crippen LogP contribution in [-0.4, -0.2) is 50.0 Å². The molecule has 0 radical (unpaired) electrons. The molecule has 0 aliphatic rings. The number of hydrogen-bond acceptors (Lipinski definition) is 4. The zero-order valence-electron chi connectivity index (χ0n) is 23.8. The molecule has 0 saturated heterocycles. The number of benzene rings is 3. The van der Waals surface area contributed by atoms with E-state index < -0.39 is 21.9 Å². The zero-order chi connectivity index (χ0) is 30.2. The molecule has 0 heterocycles. The summed E-state index contributed by atoms with van der Waals surface area (Å²) in [5, 5.41) is 3.37. The van der Waals surface area contributed by atoms with Gasteiger partial charge in [0.2, 0.25) is 21.8 Å². The average Bonchev–Trinajstić information content (AvgIpc) is 2.91. The van der Waals surface area contributed by atoms with Gasteiger partial charge in [-0.2, -0.15) is 0 Å². The van der Waals surface area contributed by atoms with Crippen molar-refractivity contribution in [3.8, 4) is 0 Å². The topological polar surface area (TPSA) is 86.8 Å². The number of anilines is 1. The fraction of sp³-hybridized carbons (Fsp3) is 0.355. The highest BCUT2D eigenvalue weighted by Crippen LogP contribution is 2.28. The maximum atomic E-state index is 13.8. The van der Waals surface area contributed by atoms with Gasteiger partial charge < -0.3 is 10.2 Å². The summed E-state index contributed by atoms with van der Waals surface area (Å²) in [5.41, 5.74) is 2.63. The molecule has 3 aromatic rings. The van der Waals surface area contributed by atoms with Crippen LogP contribution in [0.25, 0.3) is 0 Å². The first-order valence-electron chi connectivity index (χ1n) is 13.5. The molecule has 0 fully saturated rings. The fourth-order valence-corrected chi connectivity index (χ4v) is 5.76. The van der Waals surface area contributed by atoms with E-state index in [0.29, 0.717) is 21.8 Å². The van der Waals surface area contributed by atoms with Gasteiger partial charge in [-0.15, -0.1) is 0 Å². The molecule has 0 aliphatic carbocycles. The molecule has 1 atom stereocenters. The van der Waals surface area contributed by atoms with Crippen molar-refractivity contribution < 1.29 is 22.4 Å². The monoisotopic (exact) mass is 601 g/mol. The van der Waals surface area contributed by atoms with Gasteiger partial charge in [0, 0.05) is 37.0 Å². The van der Waals surface area contributed by atoms with E-state index in [1.54, 1.807) is 37.3 Å². The lowest BCUT2D eigenvalue weighted by atomic mass is 10.0. The first-order valence-corrected chi connectivity index (χ1v) is 15.7. The van der Waals surface area contributed by atoms with Crippen LogP contribution in [0.5, 0.6) is 0 Å². The molecule has 1 unspecified atom stereocenters. The Balaban J connectivity index is 1.89. The van der Waals surface area contributed by atoms with Crippen LogP contribution in [-0.2, 0) is 32.6 Å². The number of sulfonamides is 1. The van der Waals surface area contributed by atoms with Gasteiger partial charge in [0.1, 0.15) is 11.9 Å². The van der Waals surface area contributed by atoms with Crippen molar-refractivity contribution in [3.05, 3.63) is 100 Å². The summed E-state index contributed by atoms with van der Waals surface area (Å²) in [7, 11) is -3.66. The molecule has 0 aromatic heterocycles. The van der Waals surface area contributed by atoms with Crippen molar-refractivity contribution in [2.45, 2.75) is 58.7 Å². The SMILES string of the molecule is Cc1c(Cl)cccc1N(CCCC(=O)N(Cc1ccc(F)cc1)C(Cc1ccccc1)C(=O)NC(C)C)S(C)(=O)=O. The van der Waals surface area contributed by atoms with Crippen LogP contribution in [0.4, 0.5) is 10.1 Å². The standard InChI is InChI=1S/C31H37ClFN3O4S/c1-22(2)34-31(38)29(20-24-10-6-5-7-11-24)35(21-25-15-17-26(33)18-16-25)30(37)14-9-19-36(41(4,39)40)28-13-8-12-27(32)23(28)3/h5-8,10-13,15-18,22,29H,9,14,19-21H2,1-4H3,(H,34,38). The van der Waals surface area contributed by atoms with Crippen molar-refractivity contribution in [1.82, 2.24) is 10.2 Å². The predicted molar refractivity (Wildman–Crippen MR) is 162 cm³/mol. The second-order valence-corrected chi connectivity index (χ2v) is 12.7. The third-order valence-corrected chi connectivity index (χ3v) is 8.22. The molecule has 220 valence electrons. The maximum absolute atomic E-state index is 13.8. The lowest BCUT2D eigenvalue weighted by Gasteiger charge is -2.32. The van der Waals surface area contributed by atoms with Crippen molar-refractivity contribution in [2.24, 2.45) is 0 Å². The van der Waals surface area contributed by atoms with Gasteiger partial charge in [0.15, 0.2) is 0 Å². The average molecular weight is 602 g/mol. The van der Waals surface area contributed by atoms with Crippen LogP contribution in [0.3, 0.4) is 0 Å². The summed E-state index contributed by atoms with van der Waals surface area (Å²) in [5.74, 6) is -1.01. The van der Waals surface area contributed by atoms with Crippen molar-refractivity contribution >= 4 is 39.1 Å². The summed E-state index contributed by atoms with van der Waals surface area (Å²) in [4.78, 5) is 28.8. The number of rotatable bonds is 13. The Hall–Kier alpha value is -3.43. The minimum atomic E-state index is -3.66. The number of carbonyl (C=O) groups is 2. The second-order valence-electron chi connectivity index (χ2n) is 10.3. The van der Waals surface area contributed by atoms with Crippen molar-refractivity contribution in [3.63, 3.8) is 0 Å². The molecule has 3 aromatic carbocycles. The smallest absolute Gasteiger partial charge is 0.243 e. The molecule has 0 bridgehead atoms. The Morgan fingerprint density at radius 1 is 0.951 bits per heavy atom. The van der Waals surface area contributed by atoms with Crippen molar-refractivity contribution in [1.29, 1.82) is 0 Å². The van der Waals surface area contributed by atoms with E-state index in [1.807, 2.05) is 44.2 Å². The van der Waals surface area contributed by atoms with E-state index in [2.05, 4.69) is 5.32 Å². The minimum absolute atomic E-state index is 0.00687. The lowest BCUT2D eigenvalue weighted by Crippen LogP contribution is -2.51. The molecule has 0 saturated carbocycles. The van der Waals surface area contributed by atoms with E-state index in [-0.39, 0.29) is 50.2 Å². The summed E-state index contributed by atoms with van der Waals surface area (Å²) in [6.07, 6.45) is 1.60. The number of nitrogens with one attached hydrogen (secondary N) is 1. The van der Waals surface area contributed by atoms with Gasteiger partial charge in [0.05, 0.1) is 11.9 Å². The van der Waals surface area contributed by atoms with E-state index in [1.165, 1.54) is 21.3 Å². The molecule has 3 rings (SSSR count). The third kappa shape index (κ3) is 9.30. The highest BCUT2D eigenvalue weighted by molar-refractivity contribution is 7.92. The molecule has 2 amide bonds. The van der Waals surface area contributed by atoms with Crippen LogP contribution in [0.15, 0.2) is 72.8 Å². The minimum Gasteiger partial charge on any atom is -0.352 e. The first kappa shape index (κ1) is 32.1.